The van der Waals surface area contributed by atoms with Crippen LogP contribution in [0.25, 0.3) is 0 Å². The van der Waals surface area contributed by atoms with Crippen LogP contribution in [0.3, 0.4) is 0 Å². The molecule has 0 aliphatic carbocycles. The summed E-state index contributed by atoms with van der Waals surface area (Å²) in [6, 6.07) is 4.70. The molecule has 0 atom stereocenters. The van der Waals surface area contributed by atoms with Crippen LogP contribution in [0.2, 0.25) is 0 Å². The van der Waals surface area contributed by atoms with Crippen molar-refractivity contribution < 1.29 is 24.2 Å². The van der Waals surface area contributed by atoms with Gasteiger partial charge in [0.15, 0.2) is 6.61 Å². The Morgan fingerprint density at radius 1 is 1.42 bits per heavy atom. The minimum Gasteiger partial charge on any atom is -0.482 e. The quantitative estimate of drug-likeness (QED) is 0.783. The van der Waals surface area contributed by atoms with Gasteiger partial charge >= 0.3 is 12.1 Å². The highest BCUT2D eigenvalue weighted by Crippen LogP contribution is 2.24. The lowest BCUT2D eigenvalue weighted by atomic mass is 10.3. The van der Waals surface area contributed by atoms with Crippen molar-refractivity contribution >= 4 is 33.7 Å². The van der Waals surface area contributed by atoms with E-state index in [1.165, 1.54) is 12.1 Å². The molecule has 7 heteroatoms. The van der Waals surface area contributed by atoms with Crippen LogP contribution in [0.15, 0.2) is 35.3 Å². The Morgan fingerprint density at radius 3 is 2.79 bits per heavy atom. The van der Waals surface area contributed by atoms with Crippen LogP contribution >= 0.6 is 15.9 Å². The lowest BCUT2D eigenvalue weighted by Gasteiger charge is -2.09. The summed E-state index contributed by atoms with van der Waals surface area (Å²) in [5, 5.41) is 11.0. The fraction of sp³-hybridized carbons (Fsp3) is 0.167. The van der Waals surface area contributed by atoms with E-state index in [-0.39, 0.29) is 6.61 Å². The van der Waals surface area contributed by atoms with Crippen molar-refractivity contribution in [3.8, 4) is 5.75 Å². The van der Waals surface area contributed by atoms with E-state index in [1.54, 1.807) is 12.1 Å². The van der Waals surface area contributed by atoms with Gasteiger partial charge in [0, 0.05) is 16.2 Å². The molecule has 0 saturated heterocycles. The van der Waals surface area contributed by atoms with E-state index >= 15 is 0 Å². The molecule has 19 heavy (non-hydrogen) atoms. The van der Waals surface area contributed by atoms with E-state index in [2.05, 4.69) is 27.8 Å². The molecule has 1 rings (SSSR count). The summed E-state index contributed by atoms with van der Waals surface area (Å²) in [5.74, 6) is -0.768. The van der Waals surface area contributed by atoms with Crippen molar-refractivity contribution in [2.24, 2.45) is 0 Å². The number of hydrogen-bond acceptors (Lipinski definition) is 4. The molecule has 1 aromatic rings. The number of anilines is 1. The fourth-order valence-corrected chi connectivity index (χ4v) is 1.62. The fourth-order valence-electron chi connectivity index (χ4n) is 1.15. The lowest BCUT2D eigenvalue weighted by Crippen LogP contribution is -2.14. The second kappa shape index (κ2) is 7.42. The highest BCUT2D eigenvalue weighted by Gasteiger charge is 2.06. The van der Waals surface area contributed by atoms with E-state index in [1.807, 2.05) is 0 Å². The number of nitrogens with one attached hydrogen (secondary N) is 1. The summed E-state index contributed by atoms with van der Waals surface area (Å²) in [6.07, 6.45) is 0.809. The van der Waals surface area contributed by atoms with Gasteiger partial charge in [0.05, 0.1) is 0 Å². The Morgan fingerprint density at radius 2 is 2.16 bits per heavy atom. The van der Waals surface area contributed by atoms with Gasteiger partial charge in [-0.25, -0.2) is 9.59 Å². The molecule has 0 spiro atoms. The predicted molar refractivity (Wildman–Crippen MR) is 72.4 cm³/mol. The van der Waals surface area contributed by atoms with Gasteiger partial charge in [0.1, 0.15) is 12.4 Å². The zero-order valence-corrected chi connectivity index (χ0v) is 11.5. The summed E-state index contributed by atoms with van der Waals surface area (Å²) in [6.45, 7) is 3.06. The molecule has 0 aliphatic rings. The summed E-state index contributed by atoms with van der Waals surface area (Å²) >= 11 is 3.23. The Hall–Kier alpha value is -2.02. The maximum Gasteiger partial charge on any atom is 0.411 e. The maximum absolute atomic E-state index is 11.3. The molecule has 102 valence electrons. The number of ether oxygens (including phenoxy) is 2. The highest BCUT2D eigenvalue weighted by atomic mass is 79.9. The third kappa shape index (κ3) is 5.91. The zero-order chi connectivity index (χ0) is 14.3. The zero-order valence-electron chi connectivity index (χ0n) is 9.89. The first kappa shape index (κ1) is 15.0. The van der Waals surface area contributed by atoms with E-state index in [0.717, 1.165) is 0 Å². The number of benzene rings is 1. The van der Waals surface area contributed by atoms with Crippen LogP contribution in [0.4, 0.5) is 10.5 Å². The third-order valence-corrected chi connectivity index (χ3v) is 2.27. The van der Waals surface area contributed by atoms with Gasteiger partial charge in [0.2, 0.25) is 0 Å². The summed E-state index contributed by atoms with van der Waals surface area (Å²) in [7, 11) is 0. The topological polar surface area (TPSA) is 84.9 Å². The monoisotopic (exact) mass is 329 g/mol. The lowest BCUT2D eigenvalue weighted by molar-refractivity contribution is -0.139. The van der Waals surface area contributed by atoms with E-state index in [9.17, 15) is 9.59 Å². The maximum atomic E-state index is 11.3. The van der Waals surface area contributed by atoms with Crippen molar-refractivity contribution in [3.05, 3.63) is 35.3 Å². The minimum atomic E-state index is -1.08. The number of carboxylic acid groups (broad SMARTS) is 1. The molecule has 0 bridgehead atoms. The van der Waals surface area contributed by atoms with Gasteiger partial charge in [-0.2, -0.15) is 0 Å². The molecule has 6 nitrogen and oxygen atoms in total. The van der Waals surface area contributed by atoms with Crippen LogP contribution in [0.1, 0.15) is 0 Å². The second-order valence-corrected chi connectivity index (χ2v) is 4.29. The van der Waals surface area contributed by atoms with Crippen molar-refractivity contribution in [1.82, 2.24) is 0 Å². The Bertz CT molecular complexity index is 489. The molecule has 0 radical (unpaired) electrons. The Balaban J connectivity index is 2.70. The molecule has 2 N–H and O–H groups in total. The van der Waals surface area contributed by atoms with Crippen LogP contribution in [0, 0.1) is 0 Å². The highest BCUT2D eigenvalue weighted by molar-refractivity contribution is 9.10. The van der Waals surface area contributed by atoms with Gasteiger partial charge in [-0.15, -0.1) is 0 Å². The number of carboxylic acids is 1. The van der Waals surface area contributed by atoms with Gasteiger partial charge < -0.3 is 14.6 Å². The summed E-state index contributed by atoms with van der Waals surface area (Å²) in [5.41, 5.74) is 0.420. The Kier molecular flexibility index (Phi) is 5.87. The predicted octanol–water partition coefficient (Wildman–Crippen LogP) is 2.65. The molecule has 0 saturated carbocycles. The first-order valence-corrected chi connectivity index (χ1v) is 6.00. The number of hydrogen-bond donors (Lipinski definition) is 2. The first-order chi connectivity index (χ1) is 9.01. The normalized spacial score (nSPS) is 9.53. The summed E-state index contributed by atoms with van der Waals surface area (Å²) in [4.78, 5) is 21.7. The second-order valence-electron chi connectivity index (χ2n) is 3.37. The number of halogens is 1. The molecule has 1 aromatic carbocycles. The average molecular weight is 330 g/mol. The number of carbonyl (C=O) groups is 2. The number of aliphatic carboxylic acids is 1. The van der Waals surface area contributed by atoms with Crippen LogP contribution in [0.5, 0.6) is 5.75 Å². The van der Waals surface area contributed by atoms with Gasteiger partial charge in [0.25, 0.3) is 0 Å². The van der Waals surface area contributed by atoms with E-state index in [0.29, 0.717) is 15.9 Å². The number of rotatable bonds is 6. The molecule has 0 heterocycles. The molecule has 0 aromatic heterocycles. The van der Waals surface area contributed by atoms with E-state index in [4.69, 9.17) is 14.6 Å². The van der Waals surface area contributed by atoms with Crippen molar-refractivity contribution in [2.45, 2.75) is 0 Å². The largest absolute Gasteiger partial charge is 0.482 e. The molecular weight excluding hydrogens is 318 g/mol. The molecule has 0 aliphatic heterocycles. The van der Waals surface area contributed by atoms with Crippen LogP contribution < -0.4 is 10.1 Å². The SMILES string of the molecule is C=CCOC(=O)Nc1cc(Br)cc(OCC(=O)O)c1. The van der Waals surface area contributed by atoms with Gasteiger partial charge in [-0.05, 0) is 12.1 Å². The van der Waals surface area contributed by atoms with Gasteiger partial charge in [-0.1, -0.05) is 28.6 Å². The van der Waals surface area contributed by atoms with Crippen molar-refractivity contribution in [1.29, 1.82) is 0 Å². The molecular formula is C12H12BrNO5. The van der Waals surface area contributed by atoms with E-state index < -0.39 is 18.7 Å². The molecule has 0 unspecified atom stereocenters. The van der Waals surface area contributed by atoms with Crippen LogP contribution in [-0.4, -0.2) is 30.4 Å². The first-order valence-electron chi connectivity index (χ1n) is 5.21. The average Bonchev–Trinajstić information content (AvgIpc) is 2.33. The molecule has 1 amide bonds. The molecule has 0 fully saturated rings. The minimum absolute atomic E-state index is 0.0994. The van der Waals surface area contributed by atoms with Crippen molar-refractivity contribution in [2.75, 3.05) is 18.5 Å². The van der Waals surface area contributed by atoms with Gasteiger partial charge in [-0.3, -0.25) is 5.32 Å². The third-order valence-electron chi connectivity index (χ3n) is 1.81. The number of amides is 1. The summed E-state index contributed by atoms with van der Waals surface area (Å²) < 4.78 is 10.4. The van der Waals surface area contributed by atoms with Crippen molar-refractivity contribution in [3.63, 3.8) is 0 Å². The van der Waals surface area contributed by atoms with Crippen LogP contribution in [-0.2, 0) is 9.53 Å². The number of carbonyl (C=O) groups excluding carboxylic acids is 1. The smallest absolute Gasteiger partial charge is 0.411 e. The standard InChI is InChI=1S/C12H12BrNO5/c1-2-3-18-12(17)14-9-4-8(13)5-10(6-9)19-7-11(15)16/h2,4-6H,1,3,7H2,(H,14,17)(H,15,16). The Labute approximate surface area is 118 Å².